The number of ether oxygens (including phenoxy) is 1. The van der Waals surface area contributed by atoms with E-state index in [2.05, 4.69) is 58.4 Å². The van der Waals surface area contributed by atoms with E-state index in [1.165, 1.54) is 16.8 Å². The maximum absolute atomic E-state index is 11.6. The number of nitrogens with one attached hydrogen (secondary N) is 1. The predicted molar refractivity (Wildman–Crippen MR) is 142 cm³/mol. The van der Waals surface area contributed by atoms with E-state index in [0.29, 0.717) is 12.0 Å². The van der Waals surface area contributed by atoms with Crippen LogP contribution in [-0.4, -0.2) is 55.3 Å². The van der Waals surface area contributed by atoms with Crippen molar-refractivity contribution in [3.63, 3.8) is 0 Å². The van der Waals surface area contributed by atoms with Crippen molar-refractivity contribution >= 4 is 35.2 Å². The van der Waals surface area contributed by atoms with E-state index in [1.54, 1.807) is 0 Å². The standard InChI is InChI=1S/C28H32N6O2/c1-20-26-11-12-33(18-21-3-2-4-25(17-21)34(19-35)24-9-10-24)27(26)31-28(29-20)30-22-5-7-23(8-6-22)32-13-15-36-16-14-32/h2-8,17,19,24H,9-16,18H2,1H3,(H,29,30,31). The Balaban J connectivity index is 1.18. The first-order valence-electron chi connectivity index (χ1n) is 12.8. The van der Waals surface area contributed by atoms with E-state index in [4.69, 9.17) is 14.7 Å². The monoisotopic (exact) mass is 484 g/mol. The van der Waals surface area contributed by atoms with Gasteiger partial charge in [0.25, 0.3) is 0 Å². The van der Waals surface area contributed by atoms with Gasteiger partial charge in [0.05, 0.1) is 13.2 Å². The summed E-state index contributed by atoms with van der Waals surface area (Å²) in [6.07, 6.45) is 4.08. The highest BCUT2D eigenvalue weighted by Gasteiger charge is 2.29. The number of hydrogen-bond donors (Lipinski definition) is 1. The summed E-state index contributed by atoms with van der Waals surface area (Å²) < 4.78 is 5.46. The van der Waals surface area contributed by atoms with Crippen LogP contribution in [0.2, 0.25) is 0 Å². The maximum atomic E-state index is 11.6. The van der Waals surface area contributed by atoms with E-state index < -0.39 is 0 Å². The van der Waals surface area contributed by atoms with E-state index in [9.17, 15) is 4.79 Å². The van der Waals surface area contributed by atoms with Crippen molar-refractivity contribution in [1.29, 1.82) is 0 Å². The number of morpholine rings is 1. The molecule has 3 heterocycles. The van der Waals surface area contributed by atoms with Gasteiger partial charge in [0.2, 0.25) is 12.4 Å². The summed E-state index contributed by atoms with van der Waals surface area (Å²) in [5.74, 6) is 1.61. The lowest BCUT2D eigenvalue weighted by Gasteiger charge is -2.28. The molecule has 1 aromatic heterocycles. The second-order valence-corrected chi connectivity index (χ2v) is 9.79. The van der Waals surface area contributed by atoms with Gasteiger partial charge in [-0.3, -0.25) is 4.79 Å². The molecule has 0 unspecified atom stereocenters. The van der Waals surface area contributed by atoms with Crippen molar-refractivity contribution in [3.05, 3.63) is 65.4 Å². The fraction of sp³-hybridized carbons (Fsp3) is 0.393. The quantitative estimate of drug-likeness (QED) is 0.484. The number of aryl methyl sites for hydroxylation is 1. The molecule has 3 aromatic rings. The largest absolute Gasteiger partial charge is 0.378 e. The van der Waals surface area contributed by atoms with E-state index in [-0.39, 0.29) is 0 Å². The molecule has 8 nitrogen and oxygen atoms in total. The minimum atomic E-state index is 0.359. The molecule has 0 bridgehead atoms. The second kappa shape index (κ2) is 9.78. The topological polar surface area (TPSA) is 73.8 Å². The Labute approximate surface area is 211 Å². The average Bonchev–Trinajstić information content (AvgIpc) is 3.66. The van der Waals surface area contributed by atoms with Gasteiger partial charge in [0.1, 0.15) is 5.82 Å². The first kappa shape index (κ1) is 22.8. The first-order valence-corrected chi connectivity index (χ1v) is 12.8. The second-order valence-electron chi connectivity index (χ2n) is 9.79. The van der Waals surface area contributed by atoms with E-state index in [1.807, 2.05) is 17.0 Å². The van der Waals surface area contributed by atoms with Crippen LogP contribution in [0, 0.1) is 6.92 Å². The zero-order valence-corrected chi connectivity index (χ0v) is 20.7. The summed E-state index contributed by atoms with van der Waals surface area (Å²) >= 11 is 0. The Morgan fingerprint density at radius 2 is 1.89 bits per heavy atom. The van der Waals surface area contributed by atoms with Crippen LogP contribution in [0.5, 0.6) is 0 Å². The molecule has 0 atom stereocenters. The number of hydrogen-bond acceptors (Lipinski definition) is 7. The number of carbonyl (C=O) groups excluding carboxylic acids is 1. The highest BCUT2D eigenvalue weighted by Crippen LogP contribution is 2.33. The van der Waals surface area contributed by atoms with Crippen LogP contribution >= 0.6 is 0 Å². The fourth-order valence-electron chi connectivity index (χ4n) is 5.15. The van der Waals surface area contributed by atoms with Crippen LogP contribution in [-0.2, 0) is 22.5 Å². The molecule has 2 aromatic carbocycles. The van der Waals surface area contributed by atoms with E-state index >= 15 is 0 Å². The third-order valence-electron chi connectivity index (χ3n) is 7.26. The van der Waals surface area contributed by atoms with Crippen LogP contribution in [0.25, 0.3) is 0 Å². The lowest BCUT2D eigenvalue weighted by Crippen LogP contribution is -2.36. The third kappa shape index (κ3) is 4.73. The molecule has 0 spiro atoms. The maximum Gasteiger partial charge on any atom is 0.229 e. The molecule has 1 saturated heterocycles. The van der Waals surface area contributed by atoms with Crippen molar-refractivity contribution in [2.75, 3.05) is 52.9 Å². The Morgan fingerprint density at radius 1 is 1.08 bits per heavy atom. The highest BCUT2D eigenvalue weighted by atomic mass is 16.5. The van der Waals surface area contributed by atoms with Crippen LogP contribution < -0.4 is 20.0 Å². The lowest BCUT2D eigenvalue weighted by molar-refractivity contribution is -0.107. The number of carbonyl (C=O) groups is 1. The van der Waals surface area contributed by atoms with Crippen molar-refractivity contribution in [3.8, 4) is 0 Å². The van der Waals surface area contributed by atoms with Crippen molar-refractivity contribution < 1.29 is 9.53 Å². The molecule has 8 heteroatoms. The highest BCUT2D eigenvalue weighted by molar-refractivity contribution is 5.77. The Kier molecular flexibility index (Phi) is 6.19. The molecule has 1 N–H and O–H groups in total. The number of anilines is 5. The third-order valence-corrected chi connectivity index (χ3v) is 7.26. The van der Waals surface area contributed by atoms with Gasteiger partial charge >= 0.3 is 0 Å². The number of nitrogens with zero attached hydrogens (tertiary/aromatic N) is 5. The van der Waals surface area contributed by atoms with Crippen molar-refractivity contribution in [1.82, 2.24) is 9.97 Å². The van der Waals surface area contributed by atoms with Gasteiger partial charge in [-0.1, -0.05) is 12.1 Å². The fourth-order valence-corrected chi connectivity index (χ4v) is 5.15. The van der Waals surface area contributed by atoms with Crippen LogP contribution in [0.3, 0.4) is 0 Å². The minimum absolute atomic E-state index is 0.359. The molecular weight excluding hydrogens is 452 g/mol. The van der Waals surface area contributed by atoms with Gasteiger partial charge in [0, 0.05) is 60.5 Å². The molecule has 36 heavy (non-hydrogen) atoms. The summed E-state index contributed by atoms with van der Waals surface area (Å²) in [5, 5.41) is 3.40. The SMILES string of the molecule is Cc1nc(Nc2ccc(N3CCOCC3)cc2)nc2c1CCN2Cc1cccc(N(C=O)C2CC2)c1. The zero-order valence-electron chi connectivity index (χ0n) is 20.7. The van der Waals surface area contributed by atoms with Crippen LogP contribution in [0.15, 0.2) is 48.5 Å². The van der Waals surface area contributed by atoms with Gasteiger partial charge in [0.15, 0.2) is 0 Å². The molecule has 2 fully saturated rings. The molecule has 1 amide bonds. The van der Waals surface area contributed by atoms with Gasteiger partial charge in [-0.05, 0) is 68.1 Å². The smallest absolute Gasteiger partial charge is 0.229 e. The van der Waals surface area contributed by atoms with Crippen molar-refractivity contribution in [2.45, 2.75) is 38.8 Å². The molecule has 3 aliphatic rings. The number of fused-ring (bicyclic) bond motifs is 1. The minimum Gasteiger partial charge on any atom is -0.378 e. The molecule has 2 aliphatic heterocycles. The Morgan fingerprint density at radius 3 is 2.64 bits per heavy atom. The van der Waals surface area contributed by atoms with Gasteiger partial charge < -0.3 is 24.8 Å². The average molecular weight is 485 g/mol. The lowest BCUT2D eigenvalue weighted by atomic mass is 10.1. The Bertz CT molecular complexity index is 1240. The number of benzene rings is 2. The predicted octanol–water partition coefficient (Wildman–Crippen LogP) is 4.05. The summed E-state index contributed by atoms with van der Waals surface area (Å²) in [4.78, 5) is 27.8. The molecule has 0 radical (unpaired) electrons. The first-order chi connectivity index (χ1) is 17.7. The van der Waals surface area contributed by atoms with Gasteiger partial charge in [-0.2, -0.15) is 4.98 Å². The van der Waals surface area contributed by atoms with E-state index in [0.717, 1.165) is 88.0 Å². The number of aromatic nitrogens is 2. The van der Waals surface area contributed by atoms with Crippen LogP contribution in [0.4, 0.5) is 28.8 Å². The summed E-state index contributed by atoms with van der Waals surface area (Å²) in [6, 6.07) is 17.1. The van der Waals surface area contributed by atoms with Crippen LogP contribution in [0.1, 0.15) is 29.7 Å². The molecule has 1 aliphatic carbocycles. The normalized spacial score (nSPS) is 17.1. The number of amides is 1. The molecule has 1 saturated carbocycles. The zero-order chi connectivity index (χ0) is 24.5. The molecule has 186 valence electrons. The van der Waals surface area contributed by atoms with Gasteiger partial charge in [-0.15, -0.1) is 0 Å². The number of rotatable bonds is 8. The van der Waals surface area contributed by atoms with Crippen molar-refractivity contribution in [2.24, 2.45) is 0 Å². The van der Waals surface area contributed by atoms with Gasteiger partial charge in [-0.25, -0.2) is 4.98 Å². The molecule has 6 rings (SSSR count). The molecular formula is C28H32N6O2. The summed E-state index contributed by atoms with van der Waals surface area (Å²) in [7, 11) is 0. The summed E-state index contributed by atoms with van der Waals surface area (Å²) in [6.45, 7) is 7.13. The summed E-state index contributed by atoms with van der Waals surface area (Å²) in [5.41, 5.74) is 6.57. The Hall–Kier alpha value is -3.65.